The lowest BCUT2D eigenvalue weighted by molar-refractivity contribution is 0.265. The molecule has 2 aromatic carbocycles. The summed E-state index contributed by atoms with van der Waals surface area (Å²) >= 11 is 0. The Balaban J connectivity index is 1.51. The van der Waals surface area contributed by atoms with Gasteiger partial charge in [0.1, 0.15) is 22.9 Å². The van der Waals surface area contributed by atoms with Crippen molar-refractivity contribution in [3.8, 4) is 11.5 Å². The summed E-state index contributed by atoms with van der Waals surface area (Å²) in [6.45, 7) is 3.23. The Morgan fingerprint density at radius 3 is 2.45 bits per heavy atom. The number of rotatable bonds is 10. The van der Waals surface area contributed by atoms with E-state index in [4.69, 9.17) is 25.0 Å². The summed E-state index contributed by atoms with van der Waals surface area (Å²) in [5, 5.41) is 7.98. The predicted molar refractivity (Wildman–Crippen MR) is 114 cm³/mol. The number of aryl methyl sites for hydroxylation is 1. The zero-order chi connectivity index (χ0) is 20.6. The van der Waals surface area contributed by atoms with Crippen LogP contribution in [0.25, 0.3) is 11.0 Å². The van der Waals surface area contributed by atoms with Crippen LogP contribution in [-0.2, 0) is 6.42 Å². The fraction of sp³-hybridized carbons (Fsp3) is 0.304. The normalized spacial score (nSPS) is 10.8. The summed E-state index contributed by atoms with van der Waals surface area (Å²) in [4.78, 5) is 12.0. The minimum Gasteiger partial charge on any atom is -0.494 e. The molecule has 0 bridgehead atoms. The van der Waals surface area contributed by atoms with Gasteiger partial charge in [0.25, 0.3) is 0 Å². The first-order valence-electron chi connectivity index (χ1n) is 9.83. The van der Waals surface area contributed by atoms with Gasteiger partial charge in [-0.1, -0.05) is 13.3 Å². The van der Waals surface area contributed by atoms with Gasteiger partial charge in [-0.2, -0.15) is 0 Å². The highest BCUT2D eigenvalue weighted by atomic mass is 16.5. The lowest BCUT2D eigenvalue weighted by atomic mass is 10.1. The number of hydrogen-bond acceptors (Lipinski definition) is 5. The van der Waals surface area contributed by atoms with Gasteiger partial charge in [0.15, 0.2) is 5.43 Å². The van der Waals surface area contributed by atoms with E-state index >= 15 is 0 Å². The molecular formula is C23H26N2O4. The number of ether oxygens (including phenoxy) is 2. The summed E-state index contributed by atoms with van der Waals surface area (Å²) in [6.07, 6.45) is 4.85. The second-order valence-corrected chi connectivity index (χ2v) is 6.80. The highest BCUT2D eigenvalue weighted by Gasteiger charge is 2.12. The molecule has 0 unspecified atom stereocenters. The molecule has 0 saturated carbocycles. The number of fused-ring (bicyclic) bond motifs is 1. The summed E-state index contributed by atoms with van der Waals surface area (Å²) in [7, 11) is 0. The second-order valence-electron chi connectivity index (χ2n) is 6.80. The molecule has 0 saturated heterocycles. The van der Waals surface area contributed by atoms with Crippen molar-refractivity contribution in [3.63, 3.8) is 0 Å². The van der Waals surface area contributed by atoms with Crippen molar-refractivity contribution in [2.45, 2.75) is 32.6 Å². The topological polar surface area (TPSA) is 98.5 Å². The zero-order valence-corrected chi connectivity index (χ0v) is 16.6. The molecule has 1 heterocycles. The van der Waals surface area contributed by atoms with Crippen molar-refractivity contribution in [2.75, 3.05) is 13.2 Å². The van der Waals surface area contributed by atoms with E-state index in [0.29, 0.717) is 29.7 Å². The van der Waals surface area contributed by atoms with Crippen LogP contribution in [0.3, 0.4) is 0 Å². The Kier molecular flexibility index (Phi) is 6.89. The number of benzene rings is 2. The molecule has 0 fully saturated rings. The van der Waals surface area contributed by atoms with Crippen LogP contribution in [0.2, 0.25) is 0 Å². The van der Waals surface area contributed by atoms with Gasteiger partial charge in [0.05, 0.1) is 24.9 Å². The third-order valence-electron chi connectivity index (χ3n) is 4.62. The Bertz CT molecular complexity index is 1030. The minimum atomic E-state index is -0.0383. The third kappa shape index (κ3) is 5.16. The minimum absolute atomic E-state index is 0.0383. The summed E-state index contributed by atoms with van der Waals surface area (Å²) in [5.41, 5.74) is 7.65. The molecule has 3 rings (SSSR count). The molecule has 0 aliphatic rings. The third-order valence-corrected chi connectivity index (χ3v) is 4.62. The standard InChI is InChI=1S/C23H26N2O4/c1-2-5-19-21(11-10-18-20(26)12-15-29-22(18)19)28-14-4-3-13-27-17-8-6-16(7-9-17)23(24)25/h6-12,15H,2-5,13-14H2,1H3,(H3,24,25). The molecule has 152 valence electrons. The number of hydrogen-bond donors (Lipinski definition) is 2. The molecule has 3 N–H and O–H groups in total. The number of nitrogens with one attached hydrogen (secondary N) is 1. The van der Waals surface area contributed by atoms with E-state index in [2.05, 4.69) is 6.92 Å². The van der Waals surface area contributed by atoms with Gasteiger partial charge < -0.3 is 19.6 Å². The average molecular weight is 394 g/mol. The van der Waals surface area contributed by atoms with E-state index in [1.807, 2.05) is 18.2 Å². The van der Waals surface area contributed by atoms with E-state index in [0.717, 1.165) is 42.7 Å². The predicted octanol–water partition coefficient (Wildman–Crippen LogP) is 4.27. The molecule has 1 aromatic heterocycles. The van der Waals surface area contributed by atoms with Crippen molar-refractivity contribution in [2.24, 2.45) is 5.73 Å². The summed E-state index contributed by atoms with van der Waals surface area (Å²) < 4.78 is 17.3. The Morgan fingerprint density at radius 1 is 1.03 bits per heavy atom. The highest BCUT2D eigenvalue weighted by molar-refractivity contribution is 5.94. The maximum atomic E-state index is 12.0. The maximum absolute atomic E-state index is 12.0. The van der Waals surface area contributed by atoms with Crippen molar-refractivity contribution in [1.82, 2.24) is 0 Å². The van der Waals surface area contributed by atoms with Crippen LogP contribution >= 0.6 is 0 Å². The summed E-state index contributed by atoms with van der Waals surface area (Å²) in [6, 6.07) is 12.2. The van der Waals surface area contributed by atoms with Gasteiger partial charge in [-0.25, -0.2) is 0 Å². The monoisotopic (exact) mass is 394 g/mol. The molecule has 0 aliphatic carbocycles. The molecule has 6 heteroatoms. The molecule has 3 aromatic rings. The van der Waals surface area contributed by atoms with E-state index in [1.54, 1.807) is 18.2 Å². The summed E-state index contributed by atoms with van der Waals surface area (Å²) in [5.74, 6) is 1.57. The van der Waals surface area contributed by atoms with Crippen molar-refractivity contribution in [3.05, 3.63) is 70.1 Å². The lowest BCUT2D eigenvalue weighted by Crippen LogP contribution is -2.10. The van der Waals surface area contributed by atoms with Crippen LogP contribution in [0.4, 0.5) is 0 Å². The SMILES string of the molecule is CCCc1c(OCCCCOc2ccc(C(=N)N)cc2)ccc2c(=O)ccoc12. The van der Waals surface area contributed by atoms with Crippen LogP contribution in [0.15, 0.2) is 57.9 Å². The maximum Gasteiger partial charge on any atom is 0.192 e. The Morgan fingerprint density at radius 2 is 1.76 bits per heavy atom. The largest absolute Gasteiger partial charge is 0.494 e. The average Bonchev–Trinajstić information content (AvgIpc) is 2.72. The van der Waals surface area contributed by atoms with Gasteiger partial charge >= 0.3 is 0 Å². The lowest BCUT2D eigenvalue weighted by Gasteiger charge is -2.13. The van der Waals surface area contributed by atoms with Crippen LogP contribution in [0.5, 0.6) is 11.5 Å². The van der Waals surface area contributed by atoms with Crippen molar-refractivity contribution >= 4 is 16.8 Å². The molecule has 0 aliphatic heterocycles. The van der Waals surface area contributed by atoms with E-state index in [-0.39, 0.29) is 11.3 Å². The number of amidine groups is 1. The number of nitrogens with two attached hydrogens (primary N) is 1. The van der Waals surface area contributed by atoms with Gasteiger partial charge in [0.2, 0.25) is 0 Å². The van der Waals surface area contributed by atoms with Crippen LogP contribution in [0, 0.1) is 5.41 Å². The zero-order valence-electron chi connectivity index (χ0n) is 16.6. The van der Waals surface area contributed by atoms with Crippen molar-refractivity contribution in [1.29, 1.82) is 5.41 Å². The van der Waals surface area contributed by atoms with Gasteiger partial charge in [-0.15, -0.1) is 0 Å². The smallest absolute Gasteiger partial charge is 0.192 e. The molecule has 29 heavy (non-hydrogen) atoms. The molecule has 0 amide bonds. The van der Waals surface area contributed by atoms with Gasteiger partial charge in [-0.3, -0.25) is 10.2 Å². The van der Waals surface area contributed by atoms with Gasteiger partial charge in [-0.05, 0) is 55.7 Å². The highest BCUT2D eigenvalue weighted by Crippen LogP contribution is 2.28. The van der Waals surface area contributed by atoms with Crippen LogP contribution in [-0.4, -0.2) is 19.0 Å². The first kappa shape index (κ1) is 20.5. The van der Waals surface area contributed by atoms with Crippen LogP contribution < -0.4 is 20.6 Å². The number of nitrogen functional groups attached to an aromatic ring is 1. The quantitative estimate of drug-likeness (QED) is 0.304. The molecule has 0 spiro atoms. The van der Waals surface area contributed by atoms with Gasteiger partial charge in [0, 0.05) is 17.2 Å². The fourth-order valence-electron chi connectivity index (χ4n) is 3.12. The van der Waals surface area contributed by atoms with Crippen LogP contribution in [0.1, 0.15) is 37.3 Å². The first-order chi connectivity index (χ1) is 14.1. The molecule has 6 nitrogen and oxygen atoms in total. The Labute approximate surface area is 169 Å². The number of unbranched alkanes of at least 4 members (excludes halogenated alkanes) is 1. The van der Waals surface area contributed by atoms with Crippen molar-refractivity contribution < 1.29 is 13.9 Å². The molecule has 0 atom stereocenters. The second kappa shape index (κ2) is 9.78. The molecule has 0 radical (unpaired) electrons. The van der Waals surface area contributed by atoms with E-state index in [9.17, 15) is 4.79 Å². The fourth-order valence-corrected chi connectivity index (χ4v) is 3.12. The first-order valence-corrected chi connectivity index (χ1v) is 9.83. The van der Waals surface area contributed by atoms with E-state index in [1.165, 1.54) is 12.3 Å². The molecular weight excluding hydrogens is 368 g/mol. The van der Waals surface area contributed by atoms with E-state index < -0.39 is 0 Å². The Hall–Kier alpha value is -3.28.